The lowest BCUT2D eigenvalue weighted by molar-refractivity contribution is -0.114. The molecule has 2 N–H and O–H groups in total. The van der Waals surface area contributed by atoms with Crippen molar-refractivity contribution in [3.63, 3.8) is 0 Å². The summed E-state index contributed by atoms with van der Waals surface area (Å²) in [6.45, 7) is 6.51. The van der Waals surface area contributed by atoms with E-state index in [0.717, 1.165) is 0 Å². The molecule has 4 rings (SSSR count). The zero-order valence-corrected chi connectivity index (χ0v) is 23.3. The summed E-state index contributed by atoms with van der Waals surface area (Å²) < 4.78 is 0. The molecule has 0 saturated carbocycles. The molecule has 2 aromatic carbocycles. The molecule has 2 amide bonds. The van der Waals surface area contributed by atoms with Crippen LogP contribution < -0.4 is 9.80 Å². The van der Waals surface area contributed by atoms with Gasteiger partial charge in [0.1, 0.15) is 35.4 Å². The fourth-order valence-electron chi connectivity index (χ4n) is 4.46. The Kier molecular flexibility index (Phi) is 10.0. The lowest BCUT2D eigenvalue weighted by Crippen LogP contribution is -2.38. The normalized spacial score (nSPS) is 14.2. The van der Waals surface area contributed by atoms with Gasteiger partial charge in [-0.1, -0.05) is 47.5 Å². The quantitative estimate of drug-likeness (QED) is 0.284. The third-order valence-electron chi connectivity index (χ3n) is 6.37. The van der Waals surface area contributed by atoms with Crippen LogP contribution in [0.3, 0.4) is 0 Å². The predicted octanol–water partition coefficient (Wildman–Crippen LogP) is 4.07. The van der Waals surface area contributed by atoms with Crippen molar-refractivity contribution < 1.29 is 19.8 Å². The van der Waals surface area contributed by atoms with Crippen molar-refractivity contribution >= 4 is 57.5 Å². The van der Waals surface area contributed by atoms with Gasteiger partial charge < -0.3 is 10.2 Å². The highest BCUT2D eigenvalue weighted by Crippen LogP contribution is 2.42. The minimum Gasteiger partial charge on any atom is -0.394 e. The number of rotatable bonds is 6. The number of halogens is 2. The molecule has 0 unspecified atom stereocenters. The van der Waals surface area contributed by atoms with Crippen LogP contribution >= 0.6 is 23.2 Å². The second kappa shape index (κ2) is 13.4. The summed E-state index contributed by atoms with van der Waals surface area (Å²) in [6.07, 6.45) is 2.84. The first kappa shape index (κ1) is 31.3. The number of hydrogen-bond donors (Lipinski definition) is 2. The van der Waals surface area contributed by atoms with Gasteiger partial charge in [0.05, 0.1) is 47.8 Å². The Labute approximate surface area is 251 Å². The molecule has 0 saturated heterocycles. The molecule has 0 fully saturated rings. The molecule has 0 bridgehead atoms. The molecule has 12 heteroatoms. The van der Waals surface area contributed by atoms with Crippen LogP contribution in [0, 0.1) is 45.3 Å². The number of fused-ring (bicyclic) bond motifs is 2. The molecule has 208 valence electrons. The first-order chi connectivity index (χ1) is 20.2. The zero-order chi connectivity index (χ0) is 31.1. The van der Waals surface area contributed by atoms with E-state index in [9.17, 15) is 19.8 Å². The molecule has 0 spiro atoms. The summed E-state index contributed by atoms with van der Waals surface area (Å²) in [5.41, 5.74) is 1.29. The molecule has 2 aliphatic heterocycles. The van der Waals surface area contributed by atoms with Crippen LogP contribution in [-0.2, 0) is 9.59 Å². The van der Waals surface area contributed by atoms with E-state index in [0.29, 0.717) is 32.5 Å². The minimum absolute atomic E-state index is 0.0203. The highest BCUT2D eigenvalue weighted by atomic mass is 35.5. The fourth-order valence-corrected chi connectivity index (χ4v) is 4.79. The van der Waals surface area contributed by atoms with Crippen LogP contribution in [-0.4, -0.2) is 47.3 Å². The zero-order valence-electron chi connectivity index (χ0n) is 21.8. The SMILES string of the molecule is C=C[C@@H](CO)N1C(=O)C(=C(C#N)C#N)c2ccc(Cl)cc21.C=C[C@@H](CO)N1C(=O)C(=C(C#N)C#N)c2ccc(Cl)cc21. The van der Waals surface area contributed by atoms with Gasteiger partial charge in [-0.05, 0) is 24.3 Å². The van der Waals surface area contributed by atoms with Crippen molar-refractivity contribution in [2.75, 3.05) is 23.0 Å². The van der Waals surface area contributed by atoms with Crippen LogP contribution in [0.15, 0.2) is 72.9 Å². The van der Waals surface area contributed by atoms with E-state index < -0.39 is 23.9 Å². The molecule has 0 aliphatic carbocycles. The maximum atomic E-state index is 12.6. The van der Waals surface area contributed by atoms with Crippen molar-refractivity contribution in [3.8, 4) is 24.3 Å². The van der Waals surface area contributed by atoms with Crippen molar-refractivity contribution in [3.05, 3.63) is 94.0 Å². The Morgan fingerprint density at radius 2 is 1.07 bits per heavy atom. The van der Waals surface area contributed by atoms with Crippen LogP contribution in [0.2, 0.25) is 10.0 Å². The van der Waals surface area contributed by atoms with Crippen molar-refractivity contribution in [2.24, 2.45) is 0 Å². The second-order valence-electron chi connectivity index (χ2n) is 8.59. The number of anilines is 2. The number of carbonyl (C=O) groups excluding carboxylic acids is 2. The van der Waals surface area contributed by atoms with E-state index in [2.05, 4.69) is 13.2 Å². The number of aliphatic hydroxyl groups is 2. The largest absolute Gasteiger partial charge is 0.394 e. The first-order valence-corrected chi connectivity index (χ1v) is 12.8. The topological polar surface area (TPSA) is 176 Å². The Morgan fingerprint density at radius 3 is 1.33 bits per heavy atom. The van der Waals surface area contributed by atoms with Gasteiger partial charge in [-0.3, -0.25) is 19.4 Å². The molecule has 42 heavy (non-hydrogen) atoms. The van der Waals surface area contributed by atoms with Gasteiger partial charge >= 0.3 is 0 Å². The molecule has 0 aromatic heterocycles. The summed E-state index contributed by atoms with van der Waals surface area (Å²) in [7, 11) is 0. The Hall–Kier alpha value is -5.20. The van der Waals surface area contributed by atoms with Crippen LogP contribution in [0.1, 0.15) is 11.1 Å². The maximum Gasteiger partial charge on any atom is 0.261 e. The van der Waals surface area contributed by atoms with Gasteiger partial charge in [-0.2, -0.15) is 21.0 Å². The number of allylic oxidation sites excluding steroid dienone is 2. The molecule has 2 aliphatic rings. The van der Waals surface area contributed by atoms with Gasteiger partial charge in [0.15, 0.2) is 0 Å². The van der Waals surface area contributed by atoms with Crippen molar-refractivity contribution in [2.45, 2.75) is 12.1 Å². The number of hydrogen-bond acceptors (Lipinski definition) is 8. The third kappa shape index (κ3) is 5.53. The Bertz CT molecular complexity index is 1580. The van der Waals surface area contributed by atoms with E-state index in [1.165, 1.54) is 22.0 Å². The average Bonchev–Trinajstić information content (AvgIpc) is 3.42. The summed E-state index contributed by atoms with van der Waals surface area (Å²) in [5, 5.41) is 55.7. The standard InChI is InChI=1S/2C15H10ClN3O2/c2*1-2-11(8-20)19-13-5-10(16)3-4-12(13)14(15(19)21)9(6-17)7-18/h2*2-5,11,20H,1,8H2/t2*11-/m00/s1. The lowest BCUT2D eigenvalue weighted by atomic mass is 10.0. The number of aliphatic hydroxyl groups excluding tert-OH is 2. The van der Waals surface area contributed by atoms with E-state index in [1.54, 1.807) is 60.7 Å². The van der Waals surface area contributed by atoms with E-state index in [4.69, 9.17) is 44.2 Å². The molecular weight excluding hydrogens is 579 g/mol. The second-order valence-corrected chi connectivity index (χ2v) is 9.46. The van der Waals surface area contributed by atoms with Gasteiger partial charge in [0.25, 0.3) is 11.8 Å². The first-order valence-electron chi connectivity index (χ1n) is 12.0. The fraction of sp³-hybridized carbons (Fsp3) is 0.133. The van der Waals surface area contributed by atoms with E-state index >= 15 is 0 Å². The molecule has 0 radical (unpaired) electrons. The Balaban J connectivity index is 0.000000230. The number of carbonyl (C=O) groups is 2. The highest BCUT2D eigenvalue weighted by Gasteiger charge is 2.39. The number of amides is 2. The molecule has 2 heterocycles. The summed E-state index contributed by atoms with van der Waals surface area (Å²) in [4.78, 5) is 27.7. The average molecular weight is 599 g/mol. The monoisotopic (exact) mass is 598 g/mol. The molecule has 10 nitrogen and oxygen atoms in total. The van der Waals surface area contributed by atoms with Crippen molar-refractivity contribution in [1.29, 1.82) is 21.0 Å². The minimum atomic E-state index is -0.661. The number of nitriles is 4. The number of benzene rings is 2. The maximum absolute atomic E-state index is 12.6. The molecular formula is C30H20Cl2N6O4. The predicted molar refractivity (Wildman–Crippen MR) is 156 cm³/mol. The molecule has 2 aromatic rings. The summed E-state index contributed by atoms with van der Waals surface area (Å²) >= 11 is 11.9. The highest BCUT2D eigenvalue weighted by molar-refractivity contribution is 6.37. The summed E-state index contributed by atoms with van der Waals surface area (Å²) in [6, 6.07) is 15.0. The molecule has 2 atom stereocenters. The summed E-state index contributed by atoms with van der Waals surface area (Å²) in [5.74, 6) is -1.05. The van der Waals surface area contributed by atoms with Crippen LogP contribution in [0.25, 0.3) is 11.1 Å². The van der Waals surface area contributed by atoms with Crippen LogP contribution in [0.5, 0.6) is 0 Å². The smallest absolute Gasteiger partial charge is 0.261 e. The van der Waals surface area contributed by atoms with Crippen LogP contribution in [0.4, 0.5) is 11.4 Å². The van der Waals surface area contributed by atoms with Gasteiger partial charge in [-0.15, -0.1) is 13.2 Å². The lowest BCUT2D eigenvalue weighted by Gasteiger charge is -2.24. The van der Waals surface area contributed by atoms with Gasteiger partial charge in [0, 0.05) is 21.2 Å². The van der Waals surface area contributed by atoms with E-state index in [-0.39, 0.29) is 35.5 Å². The van der Waals surface area contributed by atoms with Gasteiger partial charge in [-0.25, -0.2) is 0 Å². The Morgan fingerprint density at radius 1 is 0.738 bits per heavy atom. The third-order valence-corrected chi connectivity index (χ3v) is 6.84. The van der Waals surface area contributed by atoms with E-state index in [1.807, 2.05) is 0 Å². The van der Waals surface area contributed by atoms with Crippen molar-refractivity contribution in [1.82, 2.24) is 0 Å². The van der Waals surface area contributed by atoms with Gasteiger partial charge in [0.2, 0.25) is 0 Å². The number of nitrogens with zero attached hydrogens (tertiary/aromatic N) is 6.